The van der Waals surface area contributed by atoms with Crippen molar-refractivity contribution in [1.29, 1.82) is 0 Å². The minimum Gasteiger partial charge on any atom is -0.445 e. The first-order chi connectivity index (χ1) is 13.3. The molecule has 1 aliphatic heterocycles. The largest absolute Gasteiger partial charge is 0.445 e. The van der Waals surface area contributed by atoms with Gasteiger partial charge in [0, 0.05) is 13.1 Å². The summed E-state index contributed by atoms with van der Waals surface area (Å²) in [5, 5.41) is 9.75. The molecule has 3 aromatic rings. The van der Waals surface area contributed by atoms with Crippen molar-refractivity contribution in [2.24, 2.45) is 0 Å². The van der Waals surface area contributed by atoms with Crippen LogP contribution in [0.2, 0.25) is 0 Å². The summed E-state index contributed by atoms with van der Waals surface area (Å²) in [6.45, 7) is 1.40. The number of imidazole rings is 1. The van der Waals surface area contributed by atoms with Gasteiger partial charge in [-0.25, -0.2) is 9.78 Å². The van der Waals surface area contributed by atoms with Crippen molar-refractivity contribution in [1.82, 2.24) is 14.5 Å². The Morgan fingerprint density at radius 2 is 1.93 bits per heavy atom. The summed E-state index contributed by atoms with van der Waals surface area (Å²) >= 11 is 0. The van der Waals surface area contributed by atoms with Gasteiger partial charge >= 0.3 is 6.09 Å². The molecule has 1 N–H and O–H groups in total. The molecule has 27 heavy (non-hydrogen) atoms. The van der Waals surface area contributed by atoms with Crippen molar-refractivity contribution in [2.75, 3.05) is 13.1 Å². The Kier molecular flexibility index (Phi) is 5.07. The van der Waals surface area contributed by atoms with Crippen LogP contribution in [-0.2, 0) is 18.0 Å². The van der Waals surface area contributed by atoms with Crippen LogP contribution in [-0.4, -0.2) is 38.7 Å². The molecular weight excluding hydrogens is 342 g/mol. The smallest absolute Gasteiger partial charge is 0.410 e. The zero-order valence-electron chi connectivity index (χ0n) is 15.1. The average Bonchev–Trinajstić information content (AvgIpc) is 3.11. The highest BCUT2D eigenvalue weighted by Gasteiger charge is 2.28. The van der Waals surface area contributed by atoms with E-state index in [-0.39, 0.29) is 25.3 Å². The Bertz CT molecular complexity index is 923. The van der Waals surface area contributed by atoms with Crippen molar-refractivity contribution in [3.05, 3.63) is 66.0 Å². The van der Waals surface area contributed by atoms with E-state index in [1.165, 1.54) is 0 Å². The number of likely N-dealkylation sites (tertiary alicyclic amines) is 1. The van der Waals surface area contributed by atoms with Crippen LogP contribution in [0.25, 0.3) is 11.0 Å². The lowest BCUT2D eigenvalue weighted by molar-refractivity contribution is 0.0798. The Hall–Kier alpha value is -2.86. The molecule has 0 aliphatic carbocycles. The maximum Gasteiger partial charge on any atom is 0.410 e. The van der Waals surface area contributed by atoms with Gasteiger partial charge in [-0.1, -0.05) is 42.5 Å². The van der Waals surface area contributed by atoms with Gasteiger partial charge in [0.1, 0.15) is 19.0 Å². The molecule has 1 saturated heterocycles. The molecule has 0 unspecified atom stereocenters. The fourth-order valence-corrected chi connectivity index (χ4v) is 3.76. The molecule has 4 rings (SSSR count). The van der Waals surface area contributed by atoms with Crippen LogP contribution >= 0.6 is 0 Å². The predicted octanol–water partition coefficient (Wildman–Crippen LogP) is 3.50. The third-order valence-corrected chi connectivity index (χ3v) is 5.04. The third-order valence-electron chi connectivity index (χ3n) is 5.04. The minimum absolute atomic E-state index is 0.0811. The zero-order chi connectivity index (χ0) is 18.6. The van der Waals surface area contributed by atoms with Gasteiger partial charge in [0.25, 0.3) is 0 Å². The molecule has 6 heteroatoms. The number of amides is 1. The van der Waals surface area contributed by atoms with Gasteiger partial charge in [0.05, 0.1) is 17.1 Å². The van der Waals surface area contributed by atoms with Crippen molar-refractivity contribution in [2.45, 2.75) is 32.1 Å². The molecule has 1 atom stereocenters. The second-order valence-electron chi connectivity index (χ2n) is 6.83. The minimum atomic E-state index is -0.293. The normalized spacial score (nSPS) is 17.2. The van der Waals surface area contributed by atoms with Crippen molar-refractivity contribution < 1.29 is 14.6 Å². The average molecular weight is 365 g/mol. The van der Waals surface area contributed by atoms with Gasteiger partial charge in [-0.2, -0.15) is 0 Å². The SMILES string of the molecule is O=C(OCc1ccccc1)N1CCC[C@@H](n2c(CO)nc3ccccc32)C1. The number of aliphatic hydroxyl groups excluding tert-OH is 1. The number of para-hydroxylation sites is 2. The molecule has 1 fully saturated rings. The van der Waals surface area contributed by atoms with Crippen LogP contribution in [0, 0.1) is 0 Å². The lowest BCUT2D eigenvalue weighted by atomic mass is 10.1. The Morgan fingerprint density at radius 3 is 2.74 bits per heavy atom. The van der Waals surface area contributed by atoms with Crippen molar-refractivity contribution >= 4 is 17.1 Å². The number of carbonyl (C=O) groups is 1. The number of hydrogen-bond acceptors (Lipinski definition) is 4. The topological polar surface area (TPSA) is 67.6 Å². The van der Waals surface area contributed by atoms with E-state index in [2.05, 4.69) is 9.55 Å². The second-order valence-corrected chi connectivity index (χ2v) is 6.83. The number of aromatic nitrogens is 2. The Labute approximate surface area is 158 Å². The van der Waals surface area contributed by atoms with E-state index in [1.54, 1.807) is 4.90 Å². The van der Waals surface area contributed by atoms with Gasteiger partial charge in [-0.15, -0.1) is 0 Å². The summed E-state index contributed by atoms with van der Waals surface area (Å²) in [5.74, 6) is 0.640. The number of aliphatic hydroxyl groups is 1. The van der Waals surface area contributed by atoms with Crippen LogP contribution in [0.4, 0.5) is 4.79 Å². The molecule has 2 aromatic carbocycles. The van der Waals surface area contributed by atoms with Crippen molar-refractivity contribution in [3.63, 3.8) is 0 Å². The number of rotatable bonds is 4. The van der Waals surface area contributed by atoms with Gasteiger partial charge in [0.15, 0.2) is 0 Å². The Morgan fingerprint density at radius 1 is 1.15 bits per heavy atom. The maximum atomic E-state index is 12.5. The first kappa shape index (κ1) is 17.5. The summed E-state index contributed by atoms with van der Waals surface area (Å²) in [7, 11) is 0. The molecule has 0 spiro atoms. The summed E-state index contributed by atoms with van der Waals surface area (Å²) in [4.78, 5) is 18.8. The summed E-state index contributed by atoms with van der Waals surface area (Å²) in [5.41, 5.74) is 2.83. The van der Waals surface area contributed by atoms with E-state index >= 15 is 0 Å². The van der Waals surface area contributed by atoms with Gasteiger partial charge < -0.3 is 19.3 Å². The van der Waals surface area contributed by atoms with E-state index in [4.69, 9.17) is 4.74 Å². The van der Waals surface area contributed by atoms with Gasteiger partial charge in [-0.3, -0.25) is 0 Å². The molecule has 0 saturated carbocycles. The van der Waals surface area contributed by atoms with Gasteiger partial charge in [-0.05, 0) is 30.5 Å². The predicted molar refractivity (Wildman–Crippen MR) is 102 cm³/mol. The zero-order valence-corrected chi connectivity index (χ0v) is 15.1. The second kappa shape index (κ2) is 7.80. The molecule has 0 radical (unpaired) electrons. The quantitative estimate of drug-likeness (QED) is 0.768. The molecule has 0 bridgehead atoms. The molecule has 2 heterocycles. The van der Waals surface area contributed by atoms with Crippen LogP contribution in [0.5, 0.6) is 0 Å². The number of hydrogen-bond donors (Lipinski definition) is 1. The number of fused-ring (bicyclic) bond motifs is 1. The van der Waals surface area contributed by atoms with E-state index in [9.17, 15) is 9.90 Å². The highest BCUT2D eigenvalue weighted by atomic mass is 16.6. The van der Waals surface area contributed by atoms with Gasteiger partial charge in [0.2, 0.25) is 0 Å². The Balaban J connectivity index is 1.49. The summed E-state index contributed by atoms with van der Waals surface area (Å²) < 4.78 is 7.57. The first-order valence-electron chi connectivity index (χ1n) is 9.28. The standard InChI is InChI=1S/C21H23N3O3/c25-14-20-22-18-10-4-5-11-19(18)24(20)17-9-6-12-23(13-17)21(26)27-15-16-7-2-1-3-8-16/h1-5,7-8,10-11,17,25H,6,9,12-15H2/t17-/m1/s1. The maximum absolute atomic E-state index is 12.5. The number of ether oxygens (including phenoxy) is 1. The fraction of sp³-hybridized carbons (Fsp3) is 0.333. The van der Waals surface area contributed by atoms with E-state index in [0.29, 0.717) is 18.9 Å². The highest BCUT2D eigenvalue weighted by molar-refractivity contribution is 5.76. The van der Waals surface area contributed by atoms with Crippen LogP contribution < -0.4 is 0 Å². The van der Waals surface area contributed by atoms with Crippen LogP contribution in [0.3, 0.4) is 0 Å². The first-order valence-corrected chi connectivity index (χ1v) is 9.28. The van der Waals surface area contributed by atoms with Crippen molar-refractivity contribution in [3.8, 4) is 0 Å². The molecule has 1 aromatic heterocycles. The molecule has 6 nitrogen and oxygen atoms in total. The number of carbonyl (C=O) groups excluding carboxylic acids is 1. The fourth-order valence-electron chi connectivity index (χ4n) is 3.76. The lowest BCUT2D eigenvalue weighted by Crippen LogP contribution is -2.41. The number of nitrogens with zero attached hydrogens (tertiary/aromatic N) is 3. The third kappa shape index (κ3) is 3.66. The number of piperidine rings is 1. The van der Waals surface area contributed by atoms with E-state index in [1.807, 2.05) is 54.6 Å². The summed E-state index contributed by atoms with van der Waals surface area (Å²) in [6, 6.07) is 17.6. The van der Waals surface area contributed by atoms with E-state index in [0.717, 1.165) is 29.4 Å². The number of benzene rings is 2. The summed E-state index contributed by atoms with van der Waals surface area (Å²) in [6.07, 6.45) is 1.54. The monoisotopic (exact) mass is 365 g/mol. The van der Waals surface area contributed by atoms with E-state index < -0.39 is 0 Å². The molecule has 1 amide bonds. The molecule has 1 aliphatic rings. The van der Waals surface area contributed by atoms with Crippen LogP contribution in [0.1, 0.15) is 30.3 Å². The van der Waals surface area contributed by atoms with Crippen LogP contribution in [0.15, 0.2) is 54.6 Å². The molecular formula is C21H23N3O3. The highest BCUT2D eigenvalue weighted by Crippen LogP contribution is 2.28. The molecule has 140 valence electrons. The lowest BCUT2D eigenvalue weighted by Gasteiger charge is -2.33.